The fraction of sp³-hybridized carbons (Fsp3) is 1.00. The lowest BCUT2D eigenvalue weighted by Crippen LogP contribution is -2.52. The number of hydrogen-bond donors (Lipinski definition) is 0. The van der Waals surface area contributed by atoms with Gasteiger partial charge in [-0.25, -0.2) is 0 Å². The van der Waals surface area contributed by atoms with Gasteiger partial charge in [0.05, 0.1) is 15.7 Å². The molecule has 3 aliphatic carbocycles. The van der Waals surface area contributed by atoms with Gasteiger partial charge < -0.3 is 0 Å². The van der Waals surface area contributed by atoms with Crippen LogP contribution in [0, 0.1) is 35.0 Å². The molecule has 0 amide bonds. The highest BCUT2D eigenvalue weighted by molar-refractivity contribution is 6.40. The molecule has 0 saturated heterocycles. The lowest BCUT2D eigenvalue weighted by molar-refractivity contribution is -0.0374. The maximum absolute atomic E-state index is 6.86. The lowest BCUT2D eigenvalue weighted by Gasteiger charge is -2.60. The van der Waals surface area contributed by atoms with Crippen molar-refractivity contribution in [3.63, 3.8) is 0 Å². The lowest BCUT2D eigenvalue weighted by atomic mass is 9.32. The van der Waals surface area contributed by atoms with Crippen molar-refractivity contribution in [1.82, 2.24) is 0 Å². The zero-order chi connectivity index (χ0) is 15.3. The molecule has 4 radical (unpaired) electrons. The molecule has 0 bridgehead atoms. The Morgan fingerprint density at radius 2 is 1.14 bits per heavy atom. The second-order valence-electron chi connectivity index (χ2n) is 9.36. The van der Waals surface area contributed by atoms with Gasteiger partial charge in [0, 0.05) is 0 Å². The van der Waals surface area contributed by atoms with Gasteiger partial charge in [0.1, 0.15) is 0 Å². The summed E-state index contributed by atoms with van der Waals surface area (Å²) in [5.41, 5.74) is -0.0149. The Labute approximate surface area is 135 Å². The molecule has 3 fully saturated rings. The van der Waals surface area contributed by atoms with Crippen LogP contribution in [0.25, 0.3) is 0 Å². The Bertz CT molecular complexity index is 346. The van der Waals surface area contributed by atoms with Gasteiger partial charge in [0.25, 0.3) is 0 Å². The van der Waals surface area contributed by atoms with E-state index < -0.39 is 5.21 Å². The molecule has 0 aliphatic heterocycles. The summed E-state index contributed by atoms with van der Waals surface area (Å²) in [4.78, 5) is 0. The topological polar surface area (TPSA) is 0 Å². The smallest absolute Gasteiger partial charge is 0.0631 e. The minimum absolute atomic E-state index is 0.0149. The van der Waals surface area contributed by atoms with E-state index in [1.54, 1.807) is 0 Å². The van der Waals surface area contributed by atoms with Gasteiger partial charge >= 0.3 is 0 Å². The quantitative estimate of drug-likeness (QED) is 0.586. The summed E-state index contributed by atoms with van der Waals surface area (Å²) in [6.45, 7) is 6.74. The normalized spacial score (nSPS) is 41.2. The zero-order valence-electron chi connectivity index (χ0n) is 14.4. The van der Waals surface area contributed by atoms with Crippen molar-refractivity contribution >= 4 is 15.7 Å². The van der Waals surface area contributed by atoms with Crippen molar-refractivity contribution in [2.24, 2.45) is 35.0 Å². The first-order valence-electron chi connectivity index (χ1n) is 9.40. The SMILES string of the molecule is [B]C([B])(C1C2CCCCC2CC2CCCCC21)C(C)(C)C. The summed E-state index contributed by atoms with van der Waals surface area (Å²) < 4.78 is 0. The van der Waals surface area contributed by atoms with Crippen molar-refractivity contribution in [3.05, 3.63) is 0 Å². The van der Waals surface area contributed by atoms with Crippen molar-refractivity contribution in [2.75, 3.05) is 0 Å². The second kappa shape index (κ2) is 5.64. The van der Waals surface area contributed by atoms with Crippen molar-refractivity contribution < 1.29 is 0 Å². The van der Waals surface area contributed by atoms with E-state index in [0.29, 0.717) is 5.92 Å². The Hall–Kier alpha value is 0.130. The van der Waals surface area contributed by atoms with Crippen LogP contribution in [0.5, 0.6) is 0 Å². The first-order chi connectivity index (χ1) is 9.82. The standard InChI is InChI=1S/C19H32B2/c1-18(2,3)19(20,21)17-15-10-6-4-8-13(15)12-14-9-5-7-11-16(14)17/h13-17H,4-12H2,1-3H3. The van der Waals surface area contributed by atoms with Gasteiger partial charge in [-0.3, -0.25) is 0 Å². The van der Waals surface area contributed by atoms with E-state index in [1.165, 1.54) is 57.8 Å². The molecule has 0 spiro atoms. The molecule has 0 N–H and O–H groups in total. The molecule has 3 rings (SSSR count). The Morgan fingerprint density at radius 3 is 1.57 bits per heavy atom. The van der Waals surface area contributed by atoms with E-state index >= 15 is 0 Å². The highest BCUT2D eigenvalue weighted by atomic mass is 14.6. The monoisotopic (exact) mass is 282 g/mol. The molecule has 0 aromatic heterocycles. The van der Waals surface area contributed by atoms with Crippen LogP contribution in [0.1, 0.15) is 78.6 Å². The number of rotatable bonds is 1. The summed E-state index contributed by atoms with van der Waals surface area (Å²) in [6, 6.07) is 0. The third kappa shape index (κ3) is 2.74. The molecule has 21 heavy (non-hydrogen) atoms. The fourth-order valence-electron chi connectivity index (χ4n) is 5.92. The van der Waals surface area contributed by atoms with Crippen LogP contribution < -0.4 is 0 Å². The first-order valence-corrected chi connectivity index (χ1v) is 9.40. The summed E-state index contributed by atoms with van der Waals surface area (Å²) in [5.74, 6) is 3.97. The minimum atomic E-state index is -0.520. The molecular weight excluding hydrogens is 250 g/mol. The van der Waals surface area contributed by atoms with Crippen molar-refractivity contribution in [2.45, 2.75) is 83.8 Å². The summed E-state index contributed by atoms with van der Waals surface area (Å²) in [5, 5.41) is -0.520. The second-order valence-corrected chi connectivity index (χ2v) is 9.36. The van der Waals surface area contributed by atoms with Gasteiger partial charge in [0.15, 0.2) is 0 Å². The van der Waals surface area contributed by atoms with E-state index in [0.717, 1.165) is 23.7 Å². The van der Waals surface area contributed by atoms with Gasteiger partial charge in [0.2, 0.25) is 0 Å². The zero-order valence-corrected chi connectivity index (χ0v) is 14.4. The van der Waals surface area contributed by atoms with E-state index in [-0.39, 0.29) is 5.41 Å². The molecule has 0 nitrogen and oxygen atoms in total. The van der Waals surface area contributed by atoms with E-state index in [1.807, 2.05) is 0 Å². The van der Waals surface area contributed by atoms with Crippen molar-refractivity contribution in [3.8, 4) is 0 Å². The largest absolute Gasteiger partial charge is 0.0911 e. The summed E-state index contributed by atoms with van der Waals surface area (Å²) in [6.07, 6.45) is 12.8. The Kier molecular flexibility index (Phi) is 4.30. The molecule has 0 aromatic rings. The van der Waals surface area contributed by atoms with Crippen molar-refractivity contribution in [1.29, 1.82) is 0 Å². The fourth-order valence-corrected chi connectivity index (χ4v) is 5.92. The van der Waals surface area contributed by atoms with Crippen LogP contribution in [0.4, 0.5) is 0 Å². The highest BCUT2D eigenvalue weighted by Gasteiger charge is 2.53. The average Bonchev–Trinajstić information content (AvgIpc) is 2.43. The van der Waals surface area contributed by atoms with E-state index in [2.05, 4.69) is 20.8 Å². The predicted octanol–water partition coefficient (Wildman–Crippen LogP) is 5.12. The van der Waals surface area contributed by atoms with Gasteiger partial charge in [-0.05, 0) is 54.3 Å². The van der Waals surface area contributed by atoms with Crippen LogP contribution >= 0.6 is 0 Å². The molecule has 0 heterocycles. The van der Waals surface area contributed by atoms with Crippen LogP contribution in [-0.2, 0) is 0 Å². The molecular formula is C19H32B2. The van der Waals surface area contributed by atoms with E-state index in [9.17, 15) is 0 Å². The summed E-state index contributed by atoms with van der Waals surface area (Å²) >= 11 is 0. The van der Waals surface area contributed by atoms with Gasteiger partial charge in [-0.2, -0.15) is 0 Å². The third-order valence-corrected chi connectivity index (χ3v) is 7.31. The summed E-state index contributed by atoms with van der Waals surface area (Å²) in [7, 11) is 13.7. The number of hydrogen-bond acceptors (Lipinski definition) is 0. The first kappa shape index (κ1) is 16.0. The maximum Gasteiger partial charge on any atom is 0.0631 e. The molecule has 3 saturated carbocycles. The molecule has 3 aliphatic rings. The molecule has 0 aromatic carbocycles. The molecule has 2 heteroatoms. The number of fused-ring (bicyclic) bond motifs is 2. The maximum atomic E-state index is 6.86. The minimum Gasteiger partial charge on any atom is -0.0911 e. The van der Waals surface area contributed by atoms with E-state index in [4.69, 9.17) is 15.7 Å². The molecule has 4 unspecified atom stereocenters. The molecule has 114 valence electrons. The third-order valence-electron chi connectivity index (χ3n) is 7.31. The Morgan fingerprint density at radius 1 is 0.714 bits per heavy atom. The predicted molar refractivity (Wildman–Crippen MR) is 92.7 cm³/mol. The van der Waals surface area contributed by atoms with Crippen LogP contribution in [0.3, 0.4) is 0 Å². The highest BCUT2D eigenvalue weighted by Crippen LogP contribution is 2.62. The van der Waals surface area contributed by atoms with Gasteiger partial charge in [-0.15, -0.1) is 0 Å². The average molecular weight is 282 g/mol. The van der Waals surface area contributed by atoms with Gasteiger partial charge in [-0.1, -0.05) is 64.5 Å². The Balaban J connectivity index is 1.94. The van der Waals surface area contributed by atoms with Crippen LogP contribution in [-0.4, -0.2) is 15.7 Å². The van der Waals surface area contributed by atoms with Crippen LogP contribution in [0.15, 0.2) is 0 Å². The molecule has 4 atom stereocenters. The van der Waals surface area contributed by atoms with Crippen LogP contribution in [0.2, 0.25) is 5.21 Å².